The van der Waals surface area contributed by atoms with Crippen LogP contribution in [0.15, 0.2) is 67.3 Å². The number of nitrogens with one attached hydrogen (secondary N) is 2. The normalized spacial score (nSPS) is 11.4. The fourth-order valence-electron chi connectivity index (χ4n) is 3.73. The number of fused-ring (bicyclic) bond motifs is 2. The highest BCUT2D eigenvalue weighted by Gasteiger charge is 2.17. The monoisotopic (exact) mass is 423 g/mol. The van der Waals surface area contributed by atoms with Crippen molar-refractivity contribution >= 4 is 22.1 Å². The molecule has 0 fully saturated rings. The van der Waals surface area contributed by atoms with E-state index in [9.17, 15) is 9.50 Å². The van der Waals surface area contributed by atoms with E-state index < -0.39 is 5.82 Å². The number of benzene rings is 1. The van der Waals surface area contributed by atoms with Crippen molar-refractivity contribution in [3.8, 4) is 39.7 Å². The second kappa shape index (κ2) is 6.95. The Hall–Kier alpha value is -4.66. The third-order valence-corrected chi connectivity index (χ3v) is 5.20. The second-order valence-electron chi connectivity index (χ2n) is 7.27. The Morgan fingerprint density at radius 3 is 2.53 bits per heavy atom. The molecule has 0 aliphatic heterocycles. The molecule has 0 aliphatic rings. The lowest BCUT2D eigenvalue weighted by Crippen LogP contribution is -1.87. The Labute approximate surface area is 179 Å². The fourth-order valence-corrected chi connectivity index (χ4v) is 3.73. The van der Waals surface area contributed by atoms with Gasteiger partial charge in [0.1, 0.15) is 17.1 Å². The molecule has 9 heteroatoms. The van der Waals surface area contributed by atoms with Crippen LogP contribution in [0.1, 0.15) is 0 Å². The maximum atomic E-state index is 13.9. The molecule has 1 aromatic carbocycles. The van der Waals surface area contributed by atoms with Crippen molar-refractivity contribution in [3.63, 3.8) is 0 Å². The summed E-state index contributed by atoms with van der Waals surface area (Å²) in [6.45, 7) is 0. The standard InChI is InChI=1S/C23H14FN7O/c24-14-7-13(8-15(32)9-14)16-10-26-11-19-20(16)29-23(28-19)22-21-18(30-31-22)2-1-17(27-21)12-3-5-25-6-4-12/h1-11,32H,(H,28,29)(H,30,31). The zero-order valence-corrected chi connectivity index (χ0v) is 16.4. The number of aromatic nitrogens is 7. The van der Waals surface area contributed by atoms with E-state index in [1.165, 1.54) is 12.1 Å². The maximum Gasteiger partial charge on any atom is 0.161 e. The number of aromatic amines is 2. The number of hydrogen-bond donors (Lipinski definition) is 3. The van der Waals surface area contributed by atoms with Crippen LogP contribution in [0.4, 0.5) is 4.39 Å². The zero-order valence-electron chi connectivity index (χ0n) is 16.4. The number of pyridine rings is 3. The predicted molar refractivity (Wildman–Crippen MR) is 117 cm³/mol. The average Bonchev–Trinajstić information content (AvgIpc) is 3.42. The summed E-state index contributed by atoms with van der Waals surface area (Å²) in [4.78, 5) is 21.0. The molecule has 0 bridgehead atoms. The number of phenolic OH excluding ortho intramolecular Hbond substituents is 1. The Kier molecular flexibility index (Phi) is 3.94. The minimum Gasteiger partial charge on any atom is -0.508 e. The van der Waals surface area contributed by atoms with Crippen molar-refractivity contribution in [1.29, 1.82) is 0 Å². The van der Waals surface area contributed by atoms with Gasteiger partial charge in [-0.15, -0.1) is 0 Å². The molecule has 0 radical (unpaired) electrons. The Morgan fingerprint density at radius 2 is 1.69 bits per heavy atom. The number of aromatic hydroxyl groups is 1. The number of phenols is 1. The molecule has 0 aliphatic carbocycles. The second-order valence-corrected chi connectivity index (χ2v) is 7.27. The largest absolute Gasteiger partial charge is 0.508 e. The lowest BCUT2D eigenvalue weighted by molar-refractivity contribution is 0.469. The molecule has 0 spiro atoms. The highest BCUT2D eigenvalue weighted by atomic mass is 19.1. The molecule has 6 aromatic rings. The van der Waals surface area contributed by atoms with Gasteiger partial charge in [0.05, 0.1) is 28.4 Å². The van der Waals surface area contributed by atoms with E-state index in [2.05, 4.69) is 25.1 Å². The number of hydrogen-bond acceptors (Lipinski definition) is 6. The minimum atomic E-state index is -0.543. The van der Waals surface area contributed by atoms with Crippen molar-refractivity contribution < 1.29 is 9.50 Å². The molecule has 0 saturated carbocycles. The van der Waals surface area contributed by atoms with E-state index >= 15 is 0 Å². The topological polar surface area (TPSA) is 116 Å². The zero-order chi connectivity index (χ0) is 21.7. The summed E-state index contributed by atoms with van der Waals surface area (Å²) in [5.74, 6) is -0.210. The van der Waals surface area contributed by atoms with Crippen molar-refractivity contribution in [1.82, 2.24) is 35.1 Å². The third-order valence-electron chi connectivity index (χ3n) is 5.20. The molecule has 0 unspecified atom stereocenters. The molecule has 5 heterocycles. The summed E-state index contributed by atoms with van der Waals surface area (Å²) in [6, 6.07) is 11.5. The van der Waals surface area contributed by atoms with E-state index in [0.717, 1.165) is 22.8 Å². The molecule has 3 N–H and O–H groups in total. The Balaban J connectivity index is 1.52. The summed E-state index contributed by atoms with van der Waals surface area (Å²) in [5, 5.41) is 17.2. The molecule has 32 heavy (non-hydrogen) atoms. The van der Waals surface area contributed by atoms with Crippen molar-refractivity contribution in [3.05, 3.63) is 73.1 Å². The van der Waals surface area contributed by atoms with Crippen LogP contribution in [0.3, 0.4) is 0 Å². The van der Waals surface area contributed by atoms with Gasteiger partial charge in [0.25, 0.3) is 0 Å². The predicted octanol–water partition coefficient (Wildman–Crippen LogP) is 4.47. The molecule has 0 atom stereocenters. The first-order valence-electron chi connectivity index (χ1n) is 9.75. The van der Waals surface area contributed by atoms with Gasteiger partial charge >= 0.3 is 0 Å². The number of imidazole rings is 1. The van der Waals surface area contributed by atoms with Gasteiger partial charge in [-0.25, -0.2) is 14.4 Å². The highest BCUT2D eigenvalue weighted by Crippen LogP contribution is 2.32. The summed E-state index contributed by atoms with van der Waals surface area (Å²) in [6.07, 6.45) is 6.66. The lowest BCUT2D eigenvalue weighted by Gasteiger charge is -2.03. The number of H-pyrrole nitrogens is 2. The summed E-state index contributed by atoms with van der Waals surface area (Å²) in [5.41, 5.74) is 6.02. The Morgan fingerprint density at radius 1 is 0.812 bits per heavy atom. The van der Waals surface area contributed by atoms with Gasteiger partial charge in [0, 0.05) is 35.8 Å². The lowest BCUT2D eigenvalue weighted by atomic mass is 10.1. The van der Waals surface area contributed by atoms with Crippen LogP contribution in [0.5, 0.6) is 5.75 Å². The molecule has 0 saturated heterocycles. The van der Waals surface area contributed by atoms with Crippen molar-refractivity contribution in [2.45, 2.75) is 0 Å². The van der Waals surface area contributed by atoms with Gasteiger partial charge in [-0.05, 0) is 42.0 Å². The van der Waals surface area contributed by atoms with Crippen LogP contribution in [0.25, 0.3) is 56.0 Å². The van der Waals surface area contributed by atoms with Gasteiger partial charge in [-0.1, -0.05) is 0 Å². The van der Waals surface area contributed by atoms with E-state index in [1.54, 1.807) is 24.8 Å². The molecular weight excluding hydrogens is 409 g/mol. The summed E-state index contributed by atoms with van der Waals surface area (Å²) in [7, 11) is 0. The van der Waals surface area contributed by atoms with E-state index in [0.29, 0.717) is 39.2 Å². The number of halogens is 1. The molecule has 8 nitrogen and oxygen atoms in total. The van der Waals surface area contributed by atoms with Crippen LogP contribution < -0.4 is 0 Å². The van der Waals surface area contributed by atoms with E-state index in [4.69, 9.17) is 9.97 Å². The first kappa shape index (κ1) is 18.1. The van der Waals surface area contributed by atoms with Gasteiger partial charge < -0.3 is 10.1 Å². The quantitative estimate of drug-likeness (QED) is 0.387. The van der Waals surface area contributed by atoms with Crippen LogP contribution >= 0.6 is 0 Å². The number of nitrogens with zero attached hydrogens (tertiary/aromatic N) is 5. The SMILES string of the molecule is Oc1cc(F)cc(-c2cncc3[nH]c(-c4n[nH]c5ccc(-c6ccncc6)nc45)nc23)c1. The van der Waals surface area contributed by atoms with Gasteiger partial charge in [-0.3, -0.25) is 15.1 Å². The Bertz CT molecular complexity index is 1590. The summed E-state index contributed by atoms with van der Waals surface area (Å²) >= 11 is 0. The van der Waals surface area contributed by atoms with Crippen LogP contribution in [0.2, 0.25) is 0 Å². The molecule has 5 aromatic heterocycles. The van der Waals surface area contributed by atoms with Crippen LogP contribution in [-0.4, -0.2) is 40.2 Å². The molecular formula is C23H14FN7O. The smallest absolute Gasteiger partial charge is 0.161 e. The molecule has 154 valence electrons. The average molecular weight is 423 g/mol. The van der Waals surface area contributed by atoms with Crippen LogP contribution in [0, 0.1) is 5.82 Å². The molecule has 6 rings (SSSR count). The number of rotatable bonds is 3. The van der Waals surface area contributed by atoms with Gasteiger partial charge in [0.2, 0.25) is 0 Å². The van der Waals surface area contributed by atoms with Crippen molar-refractivity contribution in [2.24, 2.45) is 0 Å². The first-order chi connectivity index (χ1) is 15.7. The van der Waals surface area contributed by atoms with Gasteiger partial charge in [0.15, 0.2) is 11.5 Å². The van der Waals surface area contributed by atoms with E-state index in [1.807, 2.05) is 24.3 Å². The molecule has 0 amide bonds. The summed E-state index contributed by atoms with van der Waals surface area (Å²) < 4.78 is 13.9. The maximum absolute atomic E-state index is 13.9. The fraction of sp³-hybridized carbons (Fsp3) is 0. The third kappa shape index (κ3) is 2.95. The van der Waals surface area contributed by atoms with E-state index in [-0.39, 0.29) is 5.75 Å². The minimum absolute atomic E-state index is 0.168. The van der Waals surface area contributed by atoms with Gasteiger partial charge in [-0.2, -0.15) is 5.10 Å². The highest BCUT2D eigenvalue weighted by molar-refractivity contribution is 5.95. The van der Waals surface area contributed by atoms with Crippen molar-refractivity contribution in [2.75, 3.05) is 0 Å². The van der Waals surface area contributed by atoms with Crippen LogP contribution in [-0.2, 0) is 0 Å². The first-order valence-corrected chi connectivity index (χ1v) is 9.75.